The first-order valence-electron chi connectivity index (χ1n) is 7.85. The van der Waals surface area contributed by atoms with E-state index < -0.39 is 0 Å². The van der Waals surface area contributed by atoms with E-state index in [0.717, 1.165) is 25.7 Å². The Morgan fingerprint density at radius 2 is 2.00 bits per heavy atom. The molecule has 2 rings (SSSR count). The molecule has 0 radical (unpaired) electrons. The molecule has 1 aliphatic rings. The topological polar surface area (TPSA) is 15.3 Å². The maximum atomic E-state index is 3.59. The van der Waals surface area contributed by atoms with Crippen LogP contribution in [0.2, 0.25) is 0 Å². The van der Waals surface area contributed by atoms with E-state index in [4.69, 9.17) is 0 Å². The molecule has 0 heterocycles. The highest BCUT2D eigenvalue weighted by Crippen LogP contribution is 2.19. The van der Waals surface area contributed by atoms with Crippen molar-refractivity contribution >= 4 is 0 Å². The molecule has 0 spiro atoms. The van der Waals surface area contributed by atoms with E-state index in [1.165, 1.54) is 43.4 Å². The maximum Gasteiger partial charge on any atom is 0.0233 e. The Labute approximate surface area is 118 Å². The molecule has 2 nitrogen and oxygen atoms in total. The molecular weight excluding hydrogens is 232 g/mol. The summed E-state index contributed by atoms with van der Waals surface area (Å²) in [4.78, 5) is 2.54. The predicted molar refractivity (Wildman–Crippen MR) is 82.2 cm³/mol. The number of rotatable bonds is 9. The standard InChI is InChI=1S/C17H28N2/c1-3-5-11-19(4-2)14-16-8-6-7-15(12-16)13-18-17-9-10-17/h6-8,12,17-18H,3-5,9-11,13-14H2,1-2H3. The van der Waals surface area contributed by atoms with E-state index in [0.29, 0.717) is 0 Å². The molecule has 1 aromatic carbocycles. The highest BCUT2D eigenvalue weighted by molar-refractivity contribution is 5.23. The van der Waals surface area contributed by atoms with Crippen LogP contribution in [0.15, 0.2) is 24.3 Å². The normalized spacial score (nSPS) is 15.1. The second kappa shape index (κ2) is 7.66. The van der Waals surface area contributed by atoms with E-state index in [1.807, 2.05) is 0 Å². The smallest absolute Gasteiger partial charge is 0.0233 e. The number of unbranched alkanes of at least 4 members (excludes halogenated alkanes) is 1. The number of hydrogen-bond donors (Lipinski definition) is 1. The van der Waals surface area contributed by atoms with Crippen molar-refractivity contribution in [3.8, 4) is 0 Å². The van der Waals surface area contributed by atoms with Crippen molar-refractivity contribution in [3.63, 3.8) is 0 Å². The summed E-state index contributed by atoms with van der Waals surface area (Å²) < 4.78 is 0. The van der Waals surface area contributed by atoms with Crippen LogP contribution in [-0.4, -0.2) is 24.0 Å². The summed E-state index contributed by atoms with van der Waals surface area (Å²) in [5.41, 5.74) is 2.88. The van der Waals surface area contributed by atoms with Crippen LogP contribution in [0.3, 0.4) is 0 Å². The summed E-state index contributed by atoms with van der Waals surface area (Å²) in [5, 5.41) is 3.59. The largest absolute Gasteiger partial charge is 0.310 e. The second-order valence-electron chi connectivity index (χ2n) is 5.70. The molecule has 0 saturated heterocycles. The highest BCUT2D eigenvalue weighted by Gasteiger charge is 2.19. The monoisotopic (exact) mass is 260 g/mol. The van der Waals surface area contributed by atoms with E-state index >= 15 is 0 Å². The minimum absolute atomic E-state index is 0.792. The van der Waals surface area contributed by atoms with Gasteiger partial charge in [-0.15, -0.1) is 0 Å². The molecule has 0 unspecified atom stereocenters. The first-order valence-corrected chi connectivity index (χ1v) is 7.85. The molecule has 1 aromatic rings. The van der Waals surface area contributed by atoms with Crippen molar-refractivity contribution in [2.45, 2.75) is 58.7 Å². The lowest BCUT2D eigenvalue weighted by Gasteiger charge is -2.20. The van der Waals surface area contributed by atoms with Gasteiger partial charge in [0.05, 0.1) is 0 Å². The van der Waals surface area contributed by atoms with Crippen LogP contribution in [0, 0.1) is 0 Å². The molecule has 1 aliphatic carbocycles. The molecule has 0 aliphatic heterocycles. The molecular formula is C17H28N2. The van der Waals surface area contributed by atoms with Gasteiger partial charge in [0.1, 0.15) is 0 Å². The fourth-order valence-electron chi connectivity index (χ4n) is 2.38. The van der Waals surface area contributed by atoms with E-state index in [1.54, 1.807) is 0 Å². The third kappa shape index (κ3) is 5.33. The number of nitrogens with zero attached hydrogens (tertiary/aromatic N) is 1. The van der Waals surface area contributed by atoms with Crippen LogP contribution in [-0.2, 0) is 13.1 Å². The molecule has 0 amide bonds. The van der Waals surface area contributed by atoms with Crippen molar-refractivity contribution < 1.29 is 0 Å². The zero-order valence-electron chi connectivity index (χ0n) is 12.5. The van der Waals surface area contributed by atoms with Crippen molar-refractivity contribution in [2.75, 3.05) is 13.1 Å². The van der Waals surface area contributed by atoms with Crippen molar-refractivity contribution in [3.05, 3.63) is 35.4 Å². The molecule has 1 N–H and O–H groups in total. The van der Waals surface area contributed by atoms with Crippen LogP contribution in [0.5, 0.6) is 0 Å². The SMILES string of the molecule is CCCCN(CC)Cc1cccc(CNC2CC2)c1. The number of nitrogens with one attached hydrogen (secondary N) is 1. The van der Waals surface area contributed by atoms with Gasteiger partial charge in [0, 0.05) is 19.1 Å². The molecule has 2 heteroatoms. The molecule has 19 heavy (non-hydrogen) atoms. The van der Waals surface area contributed by atoms with Crippen molar-refractivity contribution in [2.24, 2.45) is 0 Å². The summed E-state index contributed by atoms with van der Waals surface area (Å²) >= 11 is 0. The maximum absolute atomic E-state index is 3.59. The second-order valence-corrected chi connectivity index (χ2v) is 5.70. The summed E-state index contributed by atoms with van der Waals surface area (Å²) in [6.07, 6.45) is 5.30. The Morgan fingerprint density at radius 1 is 1.21 bits per heavy atom. The summed E-state index contributed by atoms with van der Waals surface area (Å²) in [6.45, 7) is 9.00. The Hall–Kier alpha value is -0.860. The summed E-state index contributed by atoms with van der Waals surface area (Å²) in [7, 11) is 0. The predicted octanol–water partition coefficient (Wildman–Crippen LogP) is 3.56. The first kappa shape index (κ1) is 14.5. The van der Waals surface area contributed by atoms with Crippen LogP contribution >= 0.6 is 0 Å². The van der Waals surface area contributed by atoms with Gasteiger partial charge in [0.25, 0.3) is 0 Å². The average Bonchev–Trinajstić information content (AvgIpc) is 3.26. The van der Waals surface area contributed by atoms with Gasteiger partial charge in [0.2, 0.25) is 0 Å². The van der Waals surface area contributed by atoms with Crippen molar-refractivity contribution in [1.82, 2.24) is 10.2 Å². The Bertz CT molecular complexity index is 371. The minimum atomic E-state index is 0.792. The highest BCUT2D eigenvalue weighted by atomic mass is 15.1. The molecule has 1 saturated carbocycles. The van der Waals surface area contributed by atoms with Crippen LogP contribution in [0.25, 0.3) is 0 Å². The van der Waals surface area contributed by atoms with Gasteiger partial charge in [-0.1, -0.05) is 44.5 Å². The molecule has 1 fully saturated rings. The van der Waals surface area contributed by atoms with Gasteiger partial charge >= 0.3 is 0 Å². The lowest BCUT2D eigenvalue weighted by atomic mass is 10.1. The summed E-state index contributed by atoms with van der Waals surface area (Å²) in [6, 6.07) is 9.85. The first-order chi connectivity index (χ1) is 9.31. The quantitative estimate of drug-likeness (QED) is 0.730. The fraction of sp³-hybridized carbons (Fsp3) is 0.647. The zero-order chi connectivity index (χ0) is 13.5. The van der Waals surface area contributed by atoms with Gasteiger partial charge in [-0.2, -0.15) is 0 Å². The Kier molecular flexibility index (Phi) is 5.87. The van der Waals surface area contributed by atoms with Gasteiger partial charge in [-0.3, -0.25) is 4.90 Å². The molecule has 0 atom stereocenters. The third-order valence-corrected chi connectivity index (χ3v) is 3.84. The van der Waals surface area contributed by atoms with Gasteiger partial charge in [-0.25, -0.2) is 0 Å². The molecule has 106 valence electrons. The van der Waals surface area contributed by atoms with Crippen LogP contribution in [0.1, 0.15) is 50.7 Å². The zero-order valence-corrected chi connectivity index (χ0v) is 12.5. The van der Waals surface area contributed by atoms with Gasteiger partial charge in [-0.05, 0) is 43.5 Å². The molecule has 0 bridgehead atoms. The fourth-order valence-corrected chi connectivity index (χ4v) is 2.38. The summed E-state index contributed by atoms with van der Waals surface area (Å²) in [5.74, 6) is 0. The van der Waals surface area contributed by atoms with E-state index in [2.05, 4.69) is 48.3 Å². The lowest BCUT2D eigenvalue weighted by Crippen LogP contribution is -2.24. The molecule has 0 aromatic heterocycles. The van der Waals surface area contributed by atoms with E-state index in [-0.39, 0.29) is 0 Å². The Balaban J connectivity index is 1.85. The lowest BCUT2D eigenvalue weighted by molar-refractivity contribution is 0.275. The van der Waals surface area contributed by atoms with Gasteiger partial charge in [0.15, 0.2) is 0 Å². The third-order valence-electron chi connectivity index (χ3n) is 3.84. The number of hydrogen-bond acceptors (Lipinski definition) is 2. The van der Waals surface area contributed by atoms with E-state index in [9.17, 15) is 0 Å². The minimum Gasteiger partial charge on any atom is -0.310 e. The van der Waals surface area contributed by atoms with Gasteiger partial charge < -0.3 is 5.32 Å². The number of benzene rings is 1. The average molecular weight is 260 g/mol. The van der Waals surface area contributed by atoms with Crippen LogP contribution < -0.4 is 5.32 Å². The Morgan fingerprint density at radius 3 is 2.68 bits per heavy atom. The van der Waals surface area contributed by atoms with Crippen molar-refractivity contribution in [1.29, 1.82) is 0 Å². The van der Waals surface area contributed by atoms with Crippen LogP contribution in [0.4, 0.5) is 0 Å².